The van der Waals surface area contributed by atoms with E-state index in [1.54, 1.807) is 12.4 Å². The zero-order valence-electron chi connectivity index (χ0n) is 6.66. The molecule has 3 nitrogen and oxygen atoms in total. The molecule has 0 saturated carbocycles. The Bertz CT molecular complexity index is 284. The van der Waals surface area contributed by atoms with E-state index < -0.39 is 0 Å². The van der Waals surface area contributed by atoms with Crippen LogP contribution < -0.4 is 5.32 Å². The summed E-state index contributed by atoms with van der Waals surface area (Å²) in [5.74, 6) is 0.154. The lowest BCUT2D eigenvalue weighted by Crippen LogP contribution is -2.17. The fourth-order valence-electron chi connectivity index (χ4n) is 1.49. The average Bonchev–Trinajstić information content (AvgIpc) is 2.53. The lowest BCUT2D eigenvalue weighted by molar-refractivity contribution is -0.120. The number of hydrogen-bond donors (Lipinski definition) is 1. The number of rotatable bonds is 1. The molecular formula is C9H10N2O. The van der Waals surface area contributed by atoms with E-state index in [1.807, 2.05) is 12.1 Å². The van der Waals surface area contributed by atoms with Crippen LogP contribution in [0.15, 0.2) is 24.5 Å². The molecule has 2 rings (SSSR count). The molecule has 2 heterocycles. The summed E-state index contributed by atoms with van der Waals surface area (Å²) in [7, 11) is 0. The molecule has 0 spiro atoms. The molecular weight excluding hydrogens is 152 g/mol. The molecule has 0 aromatic carbocycles. The van der Waals surface area contributed by atoms with Crippen molar-refractivity contribution >= 4 is 5.91 Å². The molecule has 1 atom stereocenters. The number of carbonyl (C=O) groups is 1. The first-order valence-corrected chi connectivity index (χ1v) is 4.05. The smallest absolute Gasteiger partial charge is 0.227 e. The summed E-state index contributed by atoms with van der Waals surface area (Å²) in [6.07, 6.45) is 4.37. The van der Waals surface area contributed by atoms with E-state index in [0.29, 0.717) is 0 Å². The molecule has 0 radical (unpaired) electrons. The van der Waals surface area contributed by atoms with Gasteiger partial charge in [-0.1, -0.05) is 6.07 Å². The van der Waals surface area contributed by atoms with Crippen molar-refractivity contribution in [3.8, 4) is 0 Å². The summed E-state index contributed by atoms with van der Waals surface area (Å²) in [6, 6.07) is 3.81. The van der Waals surface area contributed by atoms with Crippen molar-refractivity contribution in [1.29, 1.82) is 0 Å². The monoisotopic (exact) mass is 162 g/mol. The van der Waals surface area contributed by atoms with Crippen LogP contribution in [0.4, 0.5) is 0 Å². The third-order valence-corrected chi connectivity index (χ3v) is 2.14. The minimum absolute atomic E-state index is 0.0266. The predicted octanol–water partition coefficient (Wildman–Crippen LogP) is 0.685. The lowest BCUT2D eigenvalue weighted by atomic mass is 10.00. The SMILES string of the molecule is O=C1NCC[C@@H]1c1cccnc1. The van der Waals surface area contributed by atoms with Crippen molar-refractivity contribution in [2.24, 2.45) is 0 Å². The lowest BCUT2D eigenvalue weighted by Gasteiger charge is -2.04. The minimum Gasteiger partial charge on any atom is -0.356 e. The van der Waals surface area contributed by atoms with Crippen molar-refractivity contribution in [2.45, 2.75) is 12.3 Å². The van der Waals surface area contributed by atoms with E-state index in [-0.39, 0.29) is 11.8 Å². The van der Waals surface area contributed by atoms with Crippen LogP contribution in [-0.2, 0) is 4.79 Å². The highest BCUT2D eigenvalue weighted by molar-refractivity contribution is 5.85. The van der Waals surface area contributed by atoms with Crippen molar-refractivity contribution in [3.63, 3.8) is 0 Å². The van der Waals surface area contributed by atoms with Gasteiger partial charge in [0.1, 0.15) is 0 Å². The maximum Gasteiger partial charge on any atom is 0.227 e. The molecule has 12 heavy (non-hydrogen) atoms. The summed E-state index contributed by atoms with van der Waals surface area (Å²) in [5, 5.41) is 2.80. The van der Waals surface area contributed by atoms with E-state index in [9.17, 15) is 4.79 Å². The van der Waals surface area contributed by atoms with Gasteiger partial charge in [0, 0.05) is 18.9 Å². The van der Waals surface area contributed by atoms with Crippen molar-refractivity contribution in [1.82, 2.24) is 10.3 Å². The van der Waals surface area contributed by atoms with Gasteiger partial charge in [-0.05, 0) is 18.1 Å². The van der Waals surface area contributed by atoms with E-state index in [0.717, 1.165) is 18.5 Å². The molecule has 1 aliphatic heterocycles. The van der Waals surface area contributed by atoms with Crippen LogP contribution in [0, 0.1) is 0 Å². The Morgan fingerprint density at radius 1 is 1.58 bits per heavy atom. The number of aromatic nitrogens is 1. The van der Waals surface area contributed by atoms with Gasteiger partial charge in [-0.25, -0.2) is 0 Å². The van der Waals surface area contributed by atoms with E-state index >= 15 is 0 Å². The molecule has 0 aliphatic carbocycles. The van der Waals surface area contributed by atoms with E-state index in [1.165, 1.54) is 0 Å². The van der Waals surface area contributed by atoms with Gasteiger partial charge in [0.2, 0.25) is 5.91 Å². The van der Waals surface area contributed by atoms with Crippen molar-refractivity contribution < 1.29 is 4.79 Å². The Labute approximate surface area is 70.8 Å². The van der Waals surface area contributed by atoms with E-state index in [2.05, 4.69) is 10.3 Å². The number of hydrogen-bond acceptors (Lipinski definition) is 2. The molecule has 3 heteroatoms. The van der Waals surface area contributed by atoms with Gasteiger partial charge in [0.15, 0.2) is 0 Å². The predicted molar refractivity (Wildman–Crippen MR) is 44.6 cm³/mol. The zero-order chi connectivity index (χ0) is 8.39. The second kappa shape index (κ2) is 2.93. The van der Waals surface area contributed by atoms with Gasteiger partial charge in [-0.15, -0.1) is 0 Å². The fraction of sp³-hybridized carbons (Fsp3) is 0.333. The van der Waals surface area contributed by atoms with Crippen molar-refractivity contribution in [2.75, 3.05) is 6.54 Å². The minimum atomic E-state index is 0.0266. The highest BCUT2D eigenvalue weighted by Gasteiger charge is 2.25. The first-order valence-electron chi connectivity index (χ1n) is 4.05. The Hall–Kier alpha value is -1.38. The second-order valence-corrected chi connectivity index (χ2v) is 2.92. The average molecular weight is 162 g/mol. The van der Waals surface area contributed by atoms with Crippen LogP contribution in [0.3, 0.4) is 0 Å². The summed E-state index contributed by atoms with van der Waals surface area (Å²) in [6.45, 7) is 0.790. The van der Waals surface area contributed by atoms with Crippen LogP contribution in [0.2, 0.25) is 0 Å². The summed E-state index contributed by atoms with van der Waals surface area (Å²) >= 11 is 0. The van der Waals surface area contributed by atoms with Gasteiger partial charge in [-0.3, -0.25) is 9.78 Å². The summed E-state index contributed by atoms with van der Waals surface area (Å²) < 4.78 is 0. The highest BCUT2D eigenvalue weighted by atomic mass is 16.2. The van der Waals surface area contributed by atoms with Crippen LogP contribution in [0.25, 0.3) is 0 Å². The first kappa shape index (κ1) is 7.28. The Morgan fingerprint density at radius 2 is 2.50 bits per heavy atom. The van der Waals surface area contributed by atoms with Crippen LogP contribution in [0.5, 0.6) is 0 Å². The quantitative estimate of drug-likeness (QED) is 0.660. The van der Waals surface area contributed by atoms with E-state index in [4.69, 9.17) is 0 Å². The maximum atomic E-state index is 11.2. The normalized spacial score (nSPS) is 22.3. The molecule has 1 amide bonds. The molecule has 1 fully saturated rings. The molecule has 0 unspecified atom stereocenters. The number of carbonyl (C=O) groups excluding carboxylic acids is 1. The van der Waals surface area contributed by atoms with Crippen LogP contribution in [0.1, 0.15) is 17.9 Å². The number of nitrogens with one attached hydrogen (secondary N) is 1. The number of pyridine rings is 1. The third kappa shape index (κ3) is 1.18. The topological polar surface area (TPSA) is 42.0 Å². The van der Waals surface area contributed by atoms with Crippen LogP contribution in [-0.4, -0.2) is 17.4 Å². The standard InChI is InChI=1S/C9H10N2O/c12-9-8(3-5-11-9)7-2-1-4-10-6-7/h1-2,4,6,8H,3,5H2,(H,11,12)/t8-/m1/s1. The molecule has 1 aliphatic rings. The summed E-state index contributed by atoms with van der Waals surface area (Å²) in [4.78, 5) is 15.2. The van der Waals surface area contributed by atoms with Crippen molar-refractivity contribution in [3.05, 3.63) is 30.1 Å². The Balaban J connectivity index is 2.25. The van der Waals surface area contributed by atoms with Gasteiger partial charge in [-0.2, -0.15) is 0 Å². The second-order valence-electron chi connectivity index (χ2n) is 2.92. The molecule has 1 N–H and O–H groups in total. The van der Waals surface area contributed by atoms with Gasteiger partial charge in [0.05, 0.1) is 5.92 Å². The third-order valence-electron chi connectivity index (χ3n) is 2.14. The van der Waals surface area contributed by atoms with Gasteiger partial charge >= 0.3 is 0 Å². The molecule has 62 valence electrons. The van der Waals surface area contributed by atoms with Gasteiger partial charge in [0.25, 0.3) is 0 Å². The molecule has 1 saturated heterocycles. The molecule has 1 aromatic rings. The Kier molecular flexibility index (Phi) is 1.78. The van der Waals surface area contributed by atoms with Gasteiger partial charge < -0.3 is 5.32 Å². The first-order chi connectivity index (χ1) is 5.88. The zero-order valence-corrected chi connectivity index (χ0v) is 6.66. The largest absolute Gasteiger partial charge is 0.356 e. The number of amides is 1. The Morgan fingerprint density at radius 3 is 3.08 bits per heavy atom. The molecule has 0 bridgehead atoms. The highest BCUT2D eigenvalue weighted by Crippen LogP contribution is 2.21. The fourth-order valence-corrected chi connectivity index (χ4v) is 1.49. The summed E-state index contributed by atoms with van der Waals surface area (Å²) in [5.41, 5.74) is 1.02. The maximum absolute atomic E-state index is 11.2. The molecule has 1 aromatic heterocycles. The number of nitrogens with zero attached hydrogens (tertiary/aromatic N) is 1. The van der Waals surface area contributed by atoms with Crippen LogP contribution >= 0.6 is 0 Å².